The lowest BCUT2D eigenvalue weighted by Crippen LogP contribution is -2.44. The van der Waals surface area contributed by atoms with E-state index in [2.05, 4.69) is 5.32 Å². The van der Waals surface area contributed by atoms with E-state index in [9.17, 15) is 14.3 Å². The summed E-state index contributed by atoms with van der Waals surface area (Å²) in [5.41, 5.74) is 0.946. The average Bonchev–Trinajstić information content (AvgIpc) is 2.41. The van der Waals surface area contributed by atoms with Gasteiger partial charge in [0.1, 0.15) is 5.82 Å². The second kappa shape index (κ2) is 8.07. The summed E-state index contributed by atoms with van der Waals surface area (Å²) in [4.78, 5) is 13.8. The minimum absolute atomic E-state index is 0.156. The Hall–Kier alpha value is -1.50. The van der Waals surface area contributed by atoms with E-state index in [0.717, 1.165) is 5.56 Å². The number of aliphatic hydroxyl groups is 1. The summed E-state index contributed by atoms with van der Waals surface area (Å²) in [5, 5.41) is 12.2. The fraction of sp³-hybridized carbons (Fsp3) is 0.533. The summed E-state index contributed by atoms with van der Waals surface area (Å²) in [6.45, 7) is 3.97. The van der Waals surface area contributed by atoms with Gasteiger partial charge in [-0.2, -0.15) is 0 Å². The van der Waals surface area contributed by atoms with Gasteiger partial charge in [-0.05, 0) is 38.6 Å². The van der Waals surface area contributed by atoms with E-state index in [4.69, 9.17) is 4.74 Å². The van der Waals surface area contributed by atoms with Gasteiger partial charge >= 0.3 is 0 Å². The van der Waals surface area contributed by atoms with Crippen molar-refractivity contribution in [3.63, 3.8) is 0 Å². The summed E-state index contributed by atoms with van der Waals surface area (Å²) in [6.07, 6.45) is -0.675. The van der Waals surface area contributed by atoms with Crippen molar-refractivity contribution < 1.29 is 19.0 Å². The molecule has 5 nitrogen and oxygen atoms in total. The summed E-state index contributed by atoms with van der Waals surface area (Å²) >= 11 is 0. The molecule has 2 N–H and O–H groups in total. The zero-order valence-corrected chi connectivity index (χ0v) is 12.9. The van der Waals surface area contributed by atoms with Crippen LogP contribution in [-0.2, 0) is 9.53 Å². The van der Waals surface area contributed by atoms with E-state index in [-0.39, 0.29) is 18.2 Å². The van der Waals surface area contributed by atoms with Gasteiger partial charge in [0.25, 0.3) is 0 Å². The van der Waals surface area contributed by atoms with Gasteiger partial charge in [-0.1, -0.05) is 6.07 Å². The van der Waals surface area contributed by atoms with Crippen LogP contribution in [0.2, 0.25) is 0 Å². The predicted octanol–water partition coefficient (Wildman–Crippen LogP) is 1.40. The monoisotopic (exact) mass is 298 g/mol. The van der Waals surface area contributed by atoms with Crippen molar-refractivity contribution in [2.45, 2.75) is 26.0 Å². The van der Waals surface area contributed by atoms with Crippen LogP contribution in [0.1, 0.15) is 12.5 Å². The number of carbonyl (C=O) groups is 1. The van der Waals surface area contributed by atoms with Crippen LogP contribution in [0.3, 0.4) is 0 Å². The first-order valence-electron chi connectivity index (χ1n) is 6.79. The predicted molar refractivity (Wildman–Crippen MR) is 79.7 cm³/mol. The second-order valence-electron chi connectivity index (χ2n) is 5.20. The molecule has 0 aliphatic rings. The number of ether oxygens (including phenoxy) is 1. The first-order chi connectivity index (χ1) is 9.85. The zero-order chi connectivity index (χ0) is 16.0. The minimum Gasteiger partial charge on any atom is -0.389 e. The lowest BCUT2D eigenvalue weighted by molar-refractivity contribution is -0.120. The normalized spacial score (nSPS) is 14.0. The Balaban J connectivity index is 2.61. The smallest absolute Gasteiger partial charge is 0.241 e. The van der Waals surface area contributed by atoms with Crippen LogP contribution in [-0.4, -0.2) is 55.4 Å². The summed E-state index contributed by atoms with van der Waals surface area (Å²) in [6, 6.07) is 4.13. The molecule has 0 aliphatic heterocycles. The second-order valence-corrected chi connectivity index (χ2v) is 5.20. The van der Waals surface area contributed by atoms with Gasteiger partial charge in [0.2, 0.25) is 5.91 Å². The molecule has 0 saturated carbocycles. The van der Waals surface area contributed by atoms with Gasteiger partial charge in [-0.25, -0.2) is 4.39 Å². The fourth-order valence-corrected chi connectivity index (χ4v) is 1.89. The quantitative estimate of drug-likeness (QED) is 0.799. The van der Waals surface area contributed by atoms with Crippen LogP contribution in [0.25, 0.3) is 0 Å². The molecule has 0 fully saturated rings. The van der Waals surface area contributed by atoms with Crippen molar-refractivity contribution in [2.24, 2.45) is 0 Å². The van der Waals surface area contributed by atoms with Crippen molar-refractivity contribution in [2.75, 3.05) is 32.6 Å². The number of amides is 1. The first kappa shape index (κ1) is 17.6. The van der Waals surface area contributed by atoms with E-state index in [1.54, 1.807) is 31.9 Å². The Bertz CT molecular complexity index is 482. The number of methoxy groups -OCH3 is 1. The van der Waals surface area contributed by atoms with Crippen molar-refractivity contribution in [1.82, 2.24) is 4.90 Å². The number of nitrogens with one attached hydrogen (secondary N) is 1. The Labute approximate surface area is 124 Å². The molecule has 0 heterocycles. The number of hydrogen-bond acceptors (Lipinski definition) is 4. The number of carbonyl (C=O) groups excluding carboxylic acids is 1. The molecule has 118 valence electrons. The van der Waals surface area contributed by atoms with Gasteiger partial charge in [-0.15, -0.1) is 0 Å². The zero-order valence-electron chi connectivity index (χ0n) is 12.9. The number of anilines is 1. The number of hydrogen-bond donors (Lipinski definition) is 2. The lowest BCUT2D eigenvalue weighted by atomic mass is 10.2. The molecule has 0 spiro atoms. The van der Waals surface area contributed by atoms with Crippen LogP contribution in [0, 0.1) is 12.7 Å². The standard InChI is InChI=1S/C15H23FN2O3/c1-10-5-6-14(13(16)7-10)17-15(20)11(2)18(3)8-12(19)9-21-4/h5-7,11-12,19H,8-9H2,1-4H3,(H,17,20). The molecule has 21 heavy (non-hydrogen) atoms. The summed E-state index contributed by atoms with van der Waals surface area (Å²) in [7, 11) is 3.22. The van der Waals surface area contributed by atoms with Crippen LogP contribution in [0.5, 0.6) is 0 Å². The number of benzene rings is 1. The number of aliphatic hydroxyl groups excluding tert-OH is 1. The number of aryl methyl sites for hydroxylation is 1. The Kier molecular flexibility index (Phi) is 6.74. The highest BCUT2D eigenvalue weighted by Gasteiger charge is 2.21. The lowest BCUT2D eigenvalue weighted by Gasteiger charge is -2.26. The number of rotatable bonds is 7. The van der Waals surface area contributed by atoms with Gasteiger partial charge in [-0.3, -0.25) is 9.69 Å². The van der Waals surface area contributed by atoms with Crippen LogP contribution < -0.4 is 5.32 Å². The molecular formula is C15H23FN2O3. The van der Waals surface area contributed by atoms with Crippen molar-refractivity contribution in [1.29, 1.82) is 0 Å². The molecule has 0 aliphatic carbocycles. The van der Waals surface area contributed by atoms with E-state index in [1.165, 1.54) is 19.2 Å². The molecule has 0 aromatic heterocycles. The molecule has 1 rings (SSSR count). The van der Waals surface area contributed by atoms with Gasteiger partial charge in [0, 0.05) is 13.7 Å². The van der Waals surface area contributed by atoms with Crippen LogP contribution >= 0.6 is 0 Å². The molecule has 0 saturated heterocycles. The van der Waals surface area contributed by atoms with E-state index in [1.807, 2.05) is 0 Å². The molecule has 0 bridgehead atoms. The maximum atomic E-state index is 13.7. The van der Waals surface area contributed by atoms with Gasteiger partial charge < -0.3 is 15.2 Å². The van der Waals surface area contributed by atoms with Crippen molar-refractivity contribution >= 4 is 11.6 Å². The average molecular weight is 298 g/mol. The molecule has 1 aromatic carbocycles. The van der Waals surface area contributed by atoms with Crippen molar-refractivity contribution in [3.8, 4) is 0 Å². The highest BCUT2D eigenvalue weighted by molar-refractivity contribution is 5.94. The number of likely N-dealkylation sites (N-methyl/N-ethyl adjacent to an activating group) is 1. The molecule has 1 aromatic rings. The third kappa shape index (κ3) is 5.41. The van der Waals surface area contributed by atoms with Gasteiger partial charge in [0.15, 0.2) is 0 Å². The SMILES string of the molecule is COCC(O)CN(C)C(C)C(=O)Nc1ccc(C)cc1F. The van der Waals surface area contributed by atoms with E-state index >= 15 is 0 Å². The van der Waals surface area contributed by atoms with Gasteiger partial charge in [0.05, 0.1) is 24.4 Å². The fourth-order valence-electron chi connectivity index (χ4n) is 1.89. The number of nitrogens with zero attached hydrogens (tertiary/aromatic N) is 1. The Morgan fingerprint density at radius 1 is 1.52 bits per heavy atom. The summed E-state index contributed by atoms with van der Waals surface area (Å²) in [5.74, 6) is -0.789. The molecule has 2 unspecified atom stereocenters. The van der Waals surface area contributed by atoms with E-state index < -0.39 is 18.0 Å². The maximum Gasteiger partial charge on any atom is 0.241 e. The maximum absolute atomic E-state index is 13.7. The third-order valence-corrected chi connectivity index (χ3v) is 3.28. The molecule has 0 radical (unpaired) electrons. The molecule has 2 atom stereocenters. The third-order valence-electron chi connectivity index (χ3n) is 3.28. The molecular weight excluding hydrogens is 275 g/mol. The van der Waals surface area contributed by atoms with E-state index in [0.29, 0.717) is 6.54 Å². The first-order valence-corrected chi connectivity index (χ1v) is 6.79. The summed E-state index contributed by atoms with van der Waals surface area (Å²) < 4.78 is 18.5. The molecule has 6 heteroatoms. The van der Waals surface area contributed by atoms with Crippen LogP contribution in [0.15, 0.2) is 18.2 Å². The Morgan fingerprint density at radius 2 is 2.19 bits per heavy atom. The van der Waals surface area contributed by atoms with Crippen LogP contribution in [0.4, 0.5) is 10.1 Å². The van der Waals surface area contributed by atoms with Crippen molar-refractivity contribution in [3.05, 3.63) is 29.6 Å². The topological polar surface area (TPSA) is 61.8 Å². The highest BCUT2D eigenvalue weighted by atomic mass is 19.1. The highest BCUT2D eigenvalue weighted by Crippen LogP contribution is 2.16. The number of halogens is 1. The largest absolute Gasteiger partial charge is 0.389 e. The minimum atomic E-state index is -0.675. The molecule has 1 amide bonds. The Morgan fingerprint density at radius 3 is 2.76 bits per heavy atom.